The first-order chi connectivity index (χ1) is 9.97. The van der Waals surface area contributed by atoms with Crippen LogP contribution >= 0.6 is 0 Å². The number of rotatable bonds is 2. The van der Waals surface area contributed by atoms with E-state index in [-0.39, 0.29) is 11.7 Å². The van der Waals surface area contributed by atoms with Crippen LogP contribution in [0.25, 0.3) is 10.9 Å². The van der Waals surface area contributed by atoms with Crippen LogP contribution in [0.2, 0.25) is 0 Å². The van der Waals surface area contributed by atoms with Gasteiger partial charge in [-0.2, -0.15) is 0 Å². The van der Waals surface area contributed by atoms with Crippen molar-refractivity contribution in [2.45, 2.75) is 25.8 Å². The van der Waals surface area contributed by atoms with Crippen molar-refractivity contribution in [3.8, 4) is 0 Å². The minimum Gasteiger partial charge on any atom is -0.480 e. The van der Waals surface area contributed by atoms with Crippen LogP contribution in [0.15, 0.2) is 18.2 Å². The zero-order chi connectivity index (χ0) is 15.1. The summed E-state index contributed by atoms with van der Waals surface area (Å²) in [6.45, 7) is 2.20. The van der Waals surface area contributed by atoms with Crippen molar-refractivity contribution < 1.29 is 19.1 Å². The van der Waals surface area contributed by atoms with Crippen LogP contribution in [0.4, 0.5) is 4.39 Å². The third-order valence-corrected chi connectivity index (χ3v) is 3.94. The van der Waals surface area contributed by atoms with Crippen LogP contribution < -0.4 is 0 Å². The molecule has 110 valence electrons. The van der Waals surface area contributed by atoms with Crippen LogP contribution in [0.3, 0.4) is 0 Å². The number of aromatic nitrogens is 1. The summed E-state index contributed by atoms with van der Waals surface area (Å²) in [6, 6.07) is 3.61. The fourth-order valence-electron chi connectivity index (χ4n) is 2.91. The molecule has 0 spiro atoms. The standard InChI is InChI=1S/C15H15FN2O3/c1-8-5-9(16)6-11-10(8)7-12(17-11)14(19)18-4-2-3-13(18)15(20)21/h5-7,13,17H,2-4H2,1H3,(H,20,21)/t13-/m0/s1. The van der Waals surface area contributed by atoms with E-state index in [0.717, 1.165) is 10.9 Å². The molecule has 2 aromatic rings. The first-order valence-electron chi connectivity index (χ1n) is 6.80. The monoisotopic (exact) mass is 290 g/mol. The molecule has 0 unspecified atom stereocenters. The summed E-state index contributed by atoms with van der Waals surface area (Å²) >= 11 is 0. The number of fused-ring (bicyclic) bond motifs is 1. The minimum absolute atomic E-state index is 0.298. The maximum atomic E-state index is 13.4. The lowest BCUT2D eigenvalue weighted by molar-refractivity contribution is -0.141. The van der Waals surface area contributed by atoms with Gasteiger partial charge in [0.1, 0.15) is 17.6 Å². The number of aromatic amines is 1. The van der Waals surface area contributed by atoms with Gasteiger partial charge in [-0.3, -0.25) is 4.79 Å². The van der Waals surface area contributed by atoms with Crippen molar-refractivity contribution in [1.29, 1.82) is 0 Å². The van der Waals surface area contributed by atoms with Crippen LogP contribution in [-0.2, 0) is 4.79 Å². The van der Waals surface area contributed by atoms with Crippen LogP contribution in [0.1, 0.15) is 28.9 Å². The number of benzene rings is 1. The first kappa shape index (κ1) is 13.6. The Labute approximate surface area is 120 Å². The average molecular weight is 290 g/mol. The highest BCUT2D eigenvalue weighted by atomic mass is 19.1. The van der Waals surface area contributed by atoms with Crippen molar-refractivity contribution in [3.05, 3.63) is 35.3 Å². The molecule has 1 fully saturated rings. The molecule has 1 aliphatic heterocycles. The Bertz CT molecular complexity index is 738. The number of carboxylic acid groups (broad SMARTS) is 1. The van der Waals surface area contributed by atoms with E-state index in [1.807, 2.05) is 0 Å². The lowest BCUT2D eigenvalue weighted by atomic mass is 10.1. The second kappa shape index (κ2) is 4.87. The zero-order valence-electron chi connectivity index (χ0n) is 11.5. The van der Waals surface area contributed by atoms with Gasteiger partial charge < -0.3 is 15.0 Å². The zero-order valence-corrected chi connectivity index (χ0v) is 11.5. The number of nitrogens with one attached hydrogen (secondary N) is 1. The van der Waals surface area contributed by atoms with Crippen molar-refractivity contribution in [1.82, 2.24) is 9.88 Å². The summed E-state index contributed by atoms with van der Waals surface area (Å²) in [6.07, 6.45) is 1.14. The van der Waals surface area contributed by atoms with Gasteiger partial charge in [-0.1, -0.05) is 0 Å². The summed E-state index contributed by atoms with van der Waals surface area (Å²) in [4.78, 5) is 27.9. The van der Waals surface area contributed by atoms with Gasteiger partial charge >= 0.3 is 5.97 Å². The summed E-state index contributed by atoms with van der Waals surface area (Å²) < 4.78 is 13.4. The molecular formula is C15H15FN2O3. The van der Waals surface area contributed by atoms with Gasteiger partial charge in [0.05, 0.1) is 0 Å². The molecule has 5 nitrogen and oxygen atoms in total. The number of H-pyrrole nitrogens is 1. The predicted octanol–water partition coefficient (Wildman–Crippen LogP) is 2.30. The topological polar surface area (TPSA) is 73.4 Å². The summed E-state index contributed by atoms with van der Waals surface area (Å²) in [5.41, 5.74) is 1.57. The Kier molecular flexibility index (Phi) is 3.16. The van der Waals surface area contributed by atoms with Gasteiger partial charge in [-0.15, -0.1) is 0 Å². The van der Waals surface area contributed by atoms with Crippen LogP contribution in [-0.4, -0.2) is 39.5 Å². The molecule has 6 heteroatoms. The quantitative estimate of drug-likeness (QED) is 0.891. The fraction of sp³-hybridized carbons (Fsp3) is 0.333. The Balaban J connectivity index is 1.98. The lowest BCUT2D eigenvalue weighted by Gasteiger charge is -2.20. The molecule has 0 saturated carbocycles. The van der Waals surface area contributed by atoms with E-state index in [9.17, 15) is 14.0 Å². The molecule has 2 heterocycles. The Hall–Kier alpha value is -2.37. The molecule has 1 aliphatic rings. The number of carbonyl (C=O) groups excluding carboxylic acids is 1. The van der Waals surface area contributed by atoms with Crippen molar-refractivity contribution in [3.63, 3.8) is 0 Å². The number of halogens is 1. The number of carboxylic acids is 1. The normalized spacial score (nSPS) is 18.4. The van der Waals surface area contributed by atoms with E-state index < -0.39 is 12.0 Å². The van der Waals surface area contributed by atoms with Gasteiger partial charge in [0, 0.05) is 17.4 Å². The summed E-state index contributed by atoms with van der Waals surface area (Å²) in [7, 11) is 0. The average Bonchev–Trinajstić information content (AvgIpc) is 3.03. The molecule has 1 saturated heterocycles. The van der Waals surface area contributed by atoms with E-state index in [1.165, 1.54) is 17.0 Å². The van der Waals surface area contributed by atoms with Gasteiger partial charge in [0.25, 0.3) is 5.91 Å². The highest BCUT2D eigenvalue weighted by molar-refractivity contribution is 6.00. The van der Waals surface area contributed by atoms with Gasteiger partial charge in [0.2, 0.25) is 0 Å². The van der Waals surface area contributed by atoms with Crippen LogP contribution in [0, 0.1) is 12.7 Å². The Morgan fingerprint density at radius 1 is 1.38 bits per heavy atom. The molecule has 21 heavy (non-hydrogen) atoms. The number of amides is 1. The number of aliphatic carboxylic acids is 1. The Morgan fingerprint density at radius 3 is 2.86 bits per heavy atom. The van der Waals surface area contributed by atoms with Gasteiger partial charge in [-0.05, 0) is 43.5 Å². The Morgan fingerprint density at radius 2 is 2.14 bits per heavy atom. The molecule has 1 atom stereocenters. The second-order valence-corrected chi connectivity index (χ2v) is 5.36. The van der Waals surface area contributed by atoms with Crippen molar-refractivity contribution in [2.24, 2.45) is 0 Å². The number of nitrogens with zero attached hydrogens (tertiary/aromatic N) is 1. The fourth-order valence-corrected chi connectivity index (χ4v) is 2.91. The SMILES string of the molecule is Cc1cc(F)cc2[nH]c(C(=O)N3CCC[C@H]3C(=O)O)cc12. The number of likely N-dealkylation sites (tertiary alicyclic amines) is 1. The number of hydrogen-bond acceptors (Lipinski definition) is 2. The van der Waals surface area contributed by atoms with E-state index in [4.69, 9.17) is 5.11 Å². The molecule has 1 amide bonds. The third-order valence-electron chi connectivity index (χ3n) is 3.94. The minimum atomic E-state index is -0.987. The highest BCUT2D eigenvalue weighted by Crippen LogP contribution is 2.24. The lowest BCUT2D eigenvalue weighted by Crippen LogP contribution is -2.40. The summed E-state index contributed by atoms with van der Waals surface area (Å²) in [5, 5.41) is 9.92. The van der Waals surface area contributed by atoms with E-state index in [2.05, 4.69) is 4.98 Å². The maximum Gasteiger partial charge on any atom is 0.326 e. The number of carbonyl (C=O) groups is 2. The second-order valence-electron chi connectivity index (χ2n) is 5.36. The maximum absolute atomic E-state index is 13.4. The molecule has 3 rings (SSSR count). The molecule has 0 radical (unpaired) electrons. The van der Waals surface area contributed by atoms with Crippen molar-refractivity contribution in [2.75, 3.05) is 6.54 Å². The number of aryl methyl sites for hydroxylation is 1. The highest BCUT2D eigenvalue weighted by Gasteiger charge is 2.35. The van der Waals surface area contributed by atoms with Crippen molar-refractivity contribution >= 4 is 22.8 Å². The predicted molar refractivity (Wildman–Crippen MR) is 74.7 cm³/mol. The molecule has 0 aliphatic carbocycles. The number of hydrogen-bond donors (Lipinski definition) is 2. The van der Waals surface area contributed by atoms with E-state index in [0.29, 0.717) is 30.6 Å². The van der Waals surface area contributed by atoms with E-state index in [1.54, 1.807) is 13.0 Å². The first-order valence-corrected chi connectivity index (χ1v) is 6.80. The van der Waals surface area contributed by atoms with Gasteiger partial charge in [-0.25, -0.2) is 9.18 Å². The largest absolute Gasteiger partial charge is 0.480 e. The third kappa shape index (κ3) is 2.26. The molecule has 1 aromatic carbocycles. The van der Waals surface area contributed by atoms with Gasteiger partial charge in [0.15, 0.2) is 0 Å². The molecular weight excluding hydrogens is 275 g/mol. The molecule has 1 aromatic heterocycles. The van der Waals surface area contributed by atoms with Crippen LogP contribution in [0.5, 0.6) is 0 Å². The summed E-state index contributed by atoms with van der Waals surface area (Å²) in [5.74, 6) is -1.71. The smallest absolute Gasteiger partial charge is 0.326 e. The molecule has 2 N–H and O–H groups in total. The van der Waals surface area contributed by atoms with E-state index >= 15 is 0 Å². The molecule has 0 bridgehead atoms.